The molecular weight excluding hydrogens is 500 g/mol. The highest BCUT2D eigenvalue weighted by molar-refractivity contribution is 7.14. The fourth-order valence-corrected chi connectivity index (χ4v) is 4.64. The van der Waals surface area contributed by atoms with Crippen LogP contribution in [0.4, 0.5) is 5.13 Å². The molecule has 1 amide bonds. The van der Waals surface area contributed by atoms with Crippen molar-refractivity contribution in [3.8, 4) is 28.4 Å². The van der Waals surface area contributed by atoms with Crippen LogP contribution in [-0.4, -0.2) is 40.0 Å². The lowest BCUT2D eigenvalue weighted by Gasteiger charge is -2.15. The van der Waals surface area contributed by atoms with Gasteiger partial charge in [-0.15, -0.1) is 11.3 Å². The van der Waals surface area contributed by atoms with Gasteiger partial charge in [0.1, 0.15) is 11.6 Å². The van der Waals surface area contributed by atoms with Gasteiger partial charge >= 0.3 is 5.97 Å². The number of anilines is 1. The molecule has 0 radical (unpaired) electrons. The van der Waals surface area contributed by atoms with Gasteiger partial charge in [-0.2, -0.15) is 0 Å². The topological polar surface area (TPSA) is 106 Å². The van der Waals surface area contributed by atoms with Crippen LogP contribution in [0.15, 0.2) is 72.1 Å². The molecule has 2 heterocycles. The highest BCUT2D eigenvalue weighted by atomic mass is 32.1. The van der Waals surface area contributed by atoms with Crippen molar-refractivity contribution < 1.29 is 19.1 Å². The number of carbonyl (C=O) groups excluding carboxylic acids is 2. The molecule has 3 aromatic carbocycles. The number of aryl methyl sites for hydroxylation is 1. The molecule has 0 saturated carbocycles. The van der Waals surface area contributed by atoms with Crippen LogP contribution in [0.25, 0.3) is 33.7 Å². The van der Waals surface area contributed by atoms with Gasteiger partial charge in [0.05, 0.1) is 29.4 Å². The van der Waals surface area contributed by atoms with Crippen LogP contribution in [0.2, 0.25) is 0 Å². The van der Waals surface area contributed by atoms with Crippen LogP contribution in [0.5, 0.6) is 5.75 Å². The molecule has 192 valence electrons. The van der Waals surface area contributed by atoms with Crippen molar-refractivity contribution >= 4 is 39.4 Å². The highest BCUT2D eigenvalue weighted by Crippen LogP contribution is 2.27. The zero-order valence-corrected chi connectivity index (χ0v) is 22.0. The number of rotatable bonds is 8. The van der Waals surface area contributed by atoms with E-state index in [4.69, 9.17) is 9.47 Å². The molecule has 0 bridgehead atoms. The fourth-order valence-electron chi connectivity index (χ4n) is 3.92. The van der Waals surface area contributed by atoms with E-state index in [1.54, 1.807) is 32.2 Å². The Bertz CT molecular complexity index is 1590. The third-order valence-corrected chi connectivity index (χ3v) is 6.83. The second-order valence-electron chi connectivity index (χ2n) is 8.74. The molecule has 9 heteroatoms. The summed E-state index contributed by atoms with van der Waals surface area (Å²) in [6.07, 6.45) is -0.644. The zero-order valence-electron chi connectivity index (χ0n) is 21.1. The average Bonchev–Trinajstić information content (AvgIpc) is 3.58. The van der Waals surface area contributed by atoms with Crippen LogP contribution in [0.1, 0.15) is 29.3 Å². The van der Waals surface area contributed by atoms with Gasteiger partial charge < -0.3 is 14.5 Å². The number of aromatic amines is 1. The lowest BCUT2D eigenvalue weighted by atomic mass is 10.1. The van der Waals surface area contributed by atoms with Crippen molar-refractivity contribution in [1.82, 2.24) is 15.0 Å². The number of nitrogens with zero attached hydrogens (tertiary/aromatic N) is 2. The molecule has 0 fully saturated rings. The Balaban J connectivity index is 1.25. The number of nitrogens with one attached hydrogen (secondary N) is 2. The monoisotopic (exact) mass is 526 g/mol. The number of carbonyl (C=O) groups is 2. The summed E-state index contributed by atoms with van der Waals surface area (Å²) in [5.41, 5.74) is 5.53. The second kappa shape index (κ2) is 10.9. The summed E-state index contributed by atoms with van der Waals surface area (Å²) in [5.74, 6) is 0.455. The Kier molecular flexibility index (Phi) is 7.19. The number of hydrogen-bond acceptors (Lipinski definition) is 7. The summed E-state index contributed by atoms with van der Waals surface area (Å²) in [4.78, 5) is 38.2. The number of benzene rings is 3. The minimum absolute atomic E-state index is 0.318. The Labute approximate surface area is 223 Å². The zero-order chi connectivity index (χ0) is 26.6. The molecule has 2 aromatic heterocycles. The van der Waals surface area contributed by atoms with Gasteiger partial charge in [-0.1, -0.05) is 36.8 Å². The first-order valence-electron chi connectivity index (χ1n) is 12.1. The van der Waals surface area contributed by atoms with E-state index in [2.05, 4.69) is 20.3 Å². The number of thiazole rings is 1. The van der Waals surface area contributed by atoms with E-state index >= 15 is 0 Å². The Morgan fingerprint density at radius 1 is 1.00 bits per heavy atom. The highest BCUT2D eigenvalue weighted by Gasteiger charge is 2.23. The first kappa shape index (κ1) is 25.2. The quantitative estimate of drug-likeness (QED) is 0.232. The van der Waals surface area contributed by atoms with Crippen molar-refractivity contribution in [1.29, 1.82) is 0 Å². The molecule has 0 spiro atoms. The van der Waals surface area contributed by atoms with Crippen molar-refractivity contribution in [2.75, 3.05) is 12.4 Å². The molecule has 0 aliphatic carbocycles. The third kappa shape index (κ3) is 5.42. The predicted octanol–water partition coefficient (Wildman–Crippen LogP) is 6.24. The smallest absolute Gasteiger partial charge is 0.338 e. The average molecular weight is 527 g/mol. The summed E-state index contributed by atoms with van der Waals surface area (Å²) in [7, 11) is 1.61. The number of ether oxygens (including phenoxy) is 2. The minimum Gasteiger partial charge on any atom is -0.497 e. The molecule has 5 aromatic rings. The summed E-state index contributed by atoms with van der Waals surface area (Å²) in [6.45, 7) is 3.81. The maximum atomic E-state index is 12.9. The van der Waals surface area contributed by atoms with Crippen LogP contribution in [0, 0.1) is 6.92 Å². The maximum Gasteiger partial charge on any atom is 0.338 e. The standard InChI is InChI=1S/C29H26N4O4S/c1-4-25(27(34)33-29-32-24(16-38-29)18-9-12-21(36-3)13-10-18)37-28(35)20-11-14-22-23(15-20)31-26(30-22)19-7-5-17(2)6-8-19/h5-16,25H,4H2,1-3H3,(H,30,31)(H,32,33,34). The Morgan fingerprint density at radius 3 is 2.45 bits per heavy atom. The number of H-pyrrole nitrogens is 1. The molecule has 2 N–H and O–H groups in total. The molecule has 0 aliphatic heterocycles. The summed E-state index contributed by atoms with van der Waals surface area (Å²) in [6, 6.07) is 20.6. The van der Waals surface area contributed by atoms with E-state index in [0.29, 0.717) is 28.5 Å². The maximum absolute atomic E-state index is 12.9. The lowest BCUT2D eigenvalue weighted by Crippen LogP contribution is -2.32. The van der Waals surface area contributed by atoms with E-state index in [-0.39, 0.29) is 0 Å². The van der Waals surface area contributed by atoms with Gasteiger partial charge in [-0.25, -0.2) is 14.8 Å². The van der Waals surface area contributed by atoms with E-state index in [0.717, 1.165) is 33.7 Å². The van der Waals surface area contributed by atoms with E-state index in [1.165, 1.54) is 11.3 Å². The molecule has 0 aliphatic rings. The molecule has 0 saturated heterocycles. The number of methoxy groups -OCH3 is 1. The van der Waals surface area contributed by atoms with E-state index in [1.807, 2.05) is 60.8 Å². The van der Waals surface area contributed by atoms with Crippen LogP contribution < -0.4 is 10.1 Å². The molecule has 38 heavy (non-hydrogen) atoms. The summed E-state index contributed by atoms with van der Waals surface area (Å²) in [5, 5.41) is 5.05. The summed E-state index contributed by atoms with van der Waals surface area (Å²) >= 11 is 1.30. The third-order valence-electron chi connectivity index (χ3n) is 6.08. The van der Waals surface area contributed by atoms with Gasteiger partial charge in [0, 0.05) is 16.5 Å². The SMILES string of the molecule is CCC(OC(=O)c1ccc2nc(-c3ccc(C)cc3)[nH]c2c1)C(=O)Nc1nc(-c2ccc(OC)cc2)cs1. The number of amides is 1. The fraction of sp³-hybridized carbons (Fsp3) is 0.172. The number of imidazole rings is 1. The van der Waals surface area contributed by atoms with Crippen LogP contribution in [-0.2, 0) is 9.53 Å². The number of hydrogen-bond donors (Lipinski definition) is 2. The van der Waals surface area contributed by atoms with E-state index in [9.17, 15) is 9.59 Å². The number of aromatic nitrogens is 3. The largest absolute Gasteiger partial charge is 0.497 e. The number of fused-ring (bicyclic) bond motifs is 1. The van der Waals surface area contributed by atoms with Gasteiger partial charge in [-0.3, -0.25) is 10.1 Å². The van der Waals surface area contributed by atoms with Gasteiger partial charge in [0.25, 0.3) is 5.91 Å². The molecule has 8 nitrogen and oxygen atoms in total. The lowest BCUT2D eigenvalue weighted by molar-refractivity contribution is -0.124. The minimum atomic E-state index is -0.962. The molecule has 1 unspecified atom stereocenters. The van der Waals surface area contributed by atoms with Gasteiger partial charge in [-0.05, 0) is 55.8 Å². The van der Waals surface area contributed by atoms with Crippen molar-refractivity contribution in [2.45, 2.75) is 26.4 Å². The molecule has 1 atom stereocenters. The van der Waals surface area contributed by atoms with Crippen LogP contribution in [0.3, 0.4) is 0 Å². The summed E-state index contributed by atoms with van der Waals surface area (Å²) < 4.78 is 10.8. The predicted molar refractivity (Wildman–Crippen MR) is 148 cm³/mol. The van der Waals surface area contributed by atoms with Crippen molar-refractivity contribution in [3.05, 3.63) is 83.2 Å². The molecule has 5 rings (SSSR count). The van der Waals surface area contributed by atoms with Crippen molar-refractivity contribution in [3.63, 3.8) is 0 Å². The first-order valence-corrected chi connectivity index (χ1v) is 13.0. The van der Waals surface area contributed by atoms with Gasteiger partial charge in [0.2, 0.25) is 0 Å². The van der Waals surface area contributed by atoms with E-state index < -0.39 is 18.0 Å². The normalized spacial score (nSPS) is 11.8. The Morgan fingerprint density at radius 2 is 1.74 bits per heavy atom. The number of esters is 1. The second-order valence-corrected chi connectivity index (χ2v) is 9.60. The molecular formula is C29H26N4O4S. The van der Waals surface area contributed by atoms with Crippen molar-refractivity contribution in [2.24, 2.45) is 0 Å². The Hall–Kier alpha value is -4.50. The van der Waals surface area contributed by atoms with Gasteiger partial charge in [0.15, 0.2) is 11.2 Å². The van der Waals surface area contributed by atoms with Crippen LogP contribution >= 0.6 is 11.3 Å². The first-order chi connectivity index (χ1) is 18.4.